The first-order valence-electron chi connectivity index (χ1n) is 7.68. The van der Waals surface area contributed by atoms with E-state index in [0.29, 0.717) is 34.9 Å². The molecule has 0 aromatic heterocycles. The molecule has 1 heterocycles. The van der Waals surface area contributed by atoms with E-state index in [2.05, 4.69) is 10.6 Å². The van der Waals surface area contributed by atoms with Gasteiger partial charge in [-0.15, -0.1) is 0 Å². The van der Waals surface area contributed by atoms with Crippen molar-refractivity contribution < 1.29 is 28.5 Å². The molecular formula is C17H22N2O6. The first-order chi connectivity index (χ1) is 12.0. The summed E-state index contributed by atoms with van der Waals surface area (Å²) in [4.78, 5) is 24.3. The average molecular weight is 350 g/mol. The van der Waals surface area contributed by atoms with Crippen LogP contribution in [-0.4, -0.2) is 46.5 Å². The number of carbonyl (C=O) groups is 2. The van der Waals surface area contributed by atoms with Gasteiger partial charge in [-0.25, -0.2) is 9.59 Å². The Hall–Kier alpha value is -2.74. The summed E-state index contributed by atoms with van der Waals surface area (Å²) >= 11 is 0. The van der Waals surface area contributed by atoms with Crippen molar-refractivity contribution in [1.29, 1.82) is 0 Å². The number of urea groups is 1. The zero-order chi connectivity index (χ0) is 18.4. The van der Waals surface area contributed by atoms with Crippen LogP contribution < -0.4 is 20.1 Å². The Morgan fingerprint density at radius 3 is 2.48 bits per heavy atom. The predicted molar refractivity (Wildman–Crippen MR) is 89.5 cm³/mol. The van der Waals surface area contributed by atoms with Gasteiger partial charge in [0.15, 0.2) is 11.5 Å². The minimum Gasteiger partial charge on any atom is -0.493 e. The van der Waals surface area contributed by atoms with E-state index < -0.39 is 18.0 Å². The lowest BCUT2D eigenvalue weighted by molar-refractivity contribution is -0.140. The van der Waals surface area contributed by atoms with Crippen LogP contribution >= 0.6 is 0 Å². The van der Waals surface area contributed by atoms with Crippen molar-refractivity contribution >= 4 is 12.0 Å². The summed E-state index contributed by atoms with van der Waals surface area (Å²) in [6.07, 6.45) is 0. The molecule has 8 nitrogen and oxygen atoms in total. The Labute approximate surface area is 146 Å². The molecule has 0 saturated carbocycles. The first kappa shape index (κ1) is 18.6. The van der Waals surface area contributed by atoms with Gasteiger partial charge in [0.2, 0.25) is 0 Å². The summed E-state index contributed by atoms with van der Waals surface area (Å²) in [5.74, 6) is 0.524. The van der Waals surface area contributed by atoms with Crippen LogP contribution in [0.2, 0.25) is 0 Å². The summed E-state index contributed by atoms with van der Waals surface area (Å²) in [6.45, 7) is 2.07. The van der Waals surface area contributed by atoms with E-state index in [0.717, 1.165) is 0 Å². The van der Waals surface area contributed by atoms with Crippen molar-refractivity contribution in [2.24, 2.45) is 0 Å². The number of hydrogen-bond donors (Lipinski definition) is 2. The molecule has 25 heavy (non-hydrogen) atoms. The van der Waals surface area contributed by atoms with Gasteiger partial charge in [-0.2, -0.15) is 0 Å². The van der Waals surface area contributed by atoms with Crippen LogP contribution in [0.4, 0.5) is 4.79 Å². The van der Waals surface area contributed by atoms with E-state index in [1.807, 2.05) is 0 Å². The molecule has 0 bridgehead atoms. The van der Waals surface area contributed by atoms with Gasteiger partial charge in [0.05, 0.1) is 32.4 Å². The van der Waals surface area contributed by atoms with Crippen LogP contribution in [0.1, 0.15) is 18.5 Å². The molecule has 8 heteroatoms. The normalized spacial score (nSPS) is 16.8. The Balaban J connectivity index is 2.37. The topological polar surface area (TPSA) is 95.1 Å². The summed E-state index contributed by atoms with van der Waals surface area (Å²) in [5, 5.41) is 5.33. The third-order valence-electron chi connectivity index (χ3n) is 3.75. The molecule has 0 fully saturated rings. The van der Waals surface area contributed by atoms with Crippen LogP contribution in [-0.2, 0) is 14.3 Å². The van der Waals surface area contributed by atoms with Gasteiger partial charge < -0.3 is 29.6 Å². The van der Waals surface area contributed by atoms with Crippen LogP contribution in [0.25, 0.3) is 0 Å². The number of allylic oxidation sites excluding steroid dienone is 1. The maximum absolute atomic E-state index is 12.5. The quantitative estimate of drug-likeness (QED) is 0.572. The number of nitrogens with one attached hydrogen (secondary N) is 2. The molecule has 0 radical (unpaired) electrons. The average Bonchev–Trinajstić information content (AvgIpc) is 2.60. The van der Waals surface area contributed by atoms with Crippen molar-refractivity contribution in [3.05, 3.63) is 35.0 Å². The highest BCUT2D eigenvalue weighted by Crippen LogP contribution is 2.34. The molecule has 1 aromatic carbocycles. The summed E-state index contributed by atoms with van der Waals surface area (Å²) in [6, 6.07) is 4.12. The van der Waals surface area contributed by atoms with Gasteiger partial charge in [-0.1, -0.05) is 6.07 Å². The van der Waals surface area contributed by atoms with Gasteiger partial charge in [0, 0.05) is 12.8 Å². The van der Waals surface area contributed by atoms with E-state index in [4.69, 9.17) is 18.9 Å². The molecular weight excluding hydrogens is 328 g/mol. The lowest BCUT2D eigenvalue weighted by Crippen LogP contribution is -2.45. The number of ether oxygens (including phenoxy) is 4. The lowest BCUT2D eigenvalue weighted by Gasteiger charge is -2.28. The van der Waals surface area contributed by atoms with Gasteiger partial charge in [-0.05, 0) is 24.6 Å². The fraction of sp³-hybridized carbons (Fsp3) is 0.412. The number of amides is 2. The van der Waals surface area contributed by atoms with Crippen LogP contribution in [0, 0.1) is 0 Å². The van der Waals surface area contributed by atoms with Gasteiger partial charge in [-0.3, -0.25) is 0 Å². The van der Waals surface area contributed by atoms with E-state index in [1.165, 1.54) is 21.3 Å². The Bertz CT molecular complexity index is 686. The second kappa shape index (κ2) is 8.39. The van der Waals surface area contributed by atoms with Gasteiger partial charge >= 0.3 is 12.0 Å². The van der Waals surface area contributed by atoms with Crippen LogP contribution in [0.15, 0.2) is 29.5 Å². The molecule has 0 saturated heterocycles. The Kier molecular flexibility index (Phi) is 6.24. The standard InChI is InChI=1S/C17H22N2O6/c1-10-14(16(20)25-8-7-22-2)15(19-17(21)18-10)11-5-6-12(23-3)13(9-11)24-4/h5-6,9,15H,7-8H2,1-4H3,(H2,18,19,21)/t15-/m1/s1. The third-order valence-corrected chi connectivity index (χ3v) is 3.75. The highest BCUT2D eigenvalue weighted by Gasteiger charge is 2.32. The van der Waals surface area contributed by atoms with Gasteiger partial charge in [0.1, 0.15) is 6.61 Å². The number of esters is 1. The molecule has 2 rings (SSSR count). The van der Waals surface area contributed by atoms with Crippen molar-refractivity contribution in [1.82, 2.24) is 10.6 Å². The second-order valence-electron chi connectivity index (χ2n) is 5.31. The Morgan fingerprint density at radius 2 is 1.84 bits per heavy atom. The summed E-state index contributed by atoms with van der Waals surface area (Å²) < 4.78 is 20.6. The molecule has 1 aliphatic rings. The van der Waals surface area contributed by atoms with Crippen molar-refractivity contribution in [2.45, 2.75) is 13.0 Å². The second-order valence-corrected chi connectivity index (χ2v) is 5.31. The zero-order valence-electron chi connectivity index (χ0n) is 14.7. The molecule has 1 atom stereocenters. The molecule has 2 amide bonds. The fourth-order valence-electron chi connectivity index (χ4n) is 2.54. The zero-order valence-corrected chi connectivity index (χ0v) is 14.7. The molecule has 1 aromatic rings. The minimum atomic E-state index is -0.663. The minimum absolute atomic E-state index is 0.124. The highest BCUT2D eigenvalue weighted by atomic mass is 16.6. The van der Waals surface area contributed by atoms with E-state index in [-0.39, 0.29) is 6.61 Å². The molecule has 0 spiro atoms. The van der Waals surface area contributed by atoms with Crippen LogP contribution in [0.3, 0.4) is 0 Å². The molecule has 136 valence electrons. The number of hydrogen-bond acceptors (Lipinski definition) is 6. The van der Waals surface area contributed by atoms with E-state index in [1.54, 1.807) is 25.1 Å². The van der Waals surface area contributed by atoms with Crippen molar-refractivity contribution in [3.63, 3.8) is 0 Å². The monoisotopic (exact) mass is 350 g/mol. The third kappa shape index (κ3) is 4.21. The van der Waals surface area contributed by atoms with Crippen LogP contribution in [0.5, 0.6) is 11.5 Å². The molecule has 0 unspecified atom stereocenters. The largest absolute Gasteiger partial charge is 0.493 e. The first-order valence-corrected chi connectivity index (χ1v) is 7.68. The smallest absolute Gasteiger partial charge is 0.338 e. The number of rotatable bonds is 7. The van der Waals surface area contributed by atoms with E-state index >= 15 is 0 Å². The molecule has 0 aliphatic carbocycles. The van der Waals surface area contributed by atoms with Gasteiger partial charge in [0.25, 0.3) is 0 Å². The summed E-state index contributed by atoms with van der Waals surface area (Å²) in [5.41, 5.74) is 1.43. The maximum atomic E-state index is 12.5. The SMILES string of the molecule is COCCOC(=O)C1=C(C)NC(=O)N[C@@H]1c1ccc(OC)c(OC)c1. The number of methoxy groups -OCH3 is 3. The molecule has 1 aliphatic heterocycles. The number of benzene rings is 1. The highest BCUT2D eigenvalue weighted by molar-refractivity contribution is 5.95. The predicted octanol–water partition coefficient (Wildman–Crippen LogP) is 1.52. The number of carbonyl (C=O) groups excluding carboxylic acids is 2. The van der Waals surface area contributed by atoms with Crippen molar-refractivity contribution in [3.8, 4) is 11.5 Å². The Morgan fingerprint density at radius 1 is 1.12 bits per heavy atom. The molecule has 2 N–H and O–H groups in total. The fourth-order valence-corrected chi connectivity index (χ4v) is 2.54. The van der Waals surface area contributed by atoms with E-state index in [9.17, 15) is 9.59 Å². The summed E-state index contributed by atoms with van der Waals surface area (Å²) in [7, 11) is 4.57. The maximum Gasteiger partial charge on any atom is 0.338 e. The van der Waals surface area contributed by atoms with Crippen molar-refractivity contribution in [2.75, 3.05) is 34.5 Å². The lowest BCUT2D eigenvalue weighted by atomic mass is 9.95.